The van der Waals surface area contributed by atoms with Crippen molar-refractivity contribution < 1.29 is 24.4 Å². The van der Waals surface area contributed by atoms with E-state index in [4.69, 9.17) is 14.2 Å². The predicted octanol–water partition coefficient (Wildman–Crippen LogP) is 0.678. The molecule has 0 amide bonds. The van der Waals surface area contributed by atoms with Crippen LogP contribution in [0.2, 0.25) is 0 Å². The molecule has 0 saturated carbocycles. The van der Waals surface area contributed by atoms with E-state index >= 15 is 0 Å². The molecule has 1 aliphatic carbocycles. The highest BCUT2D eigenvalue weighted by molar-refractivity contribution is 5.57. The Morgan fingerprint density at radius 1 is 1.26 bits per heavy atom. The fourth-order valence-electron chi connectivity index (χ4n) is 4.71. The quantitative estimate of drug-likeness (QED) is 0.742. The van der Waals surface area contributed by atoms with E-state index in [0.29, 0.717) is 18.0 Å². The Morgan fingerprint density at radius 3 is 2.83 bits per heavy atom. The van der Waals surface area contributed by atoms with Crippen LogP contribution in [0.5, 0.6) is 11.5 Å². The van der Waals surface area contributed by atoms with Crippen molar-refractivity contribution in [3.63, 3.8) is 0 Å². The summed E-state index contributed by atoms with van der Waals surface area (Å²) in [6.07, 6.45) is 3.51. The largest absolute Gasteiger partial charge is 0.454 e. The number of hydrogen-bond acceptors (Lipinski definition) is 6. The maximum Gasteiger partial charge on any atom is 0.231 e. The van der Waals surface area contributed by atoms with Crippen LogP contribution in [0.3, 0.4) is 0 Å². The van der Waals surface area contributed by atoms with Gasteiger partial charge in [0.05, 0.1) is 17.6 Å². The lowest BCUT2D eigenvalue weighted by atomic mass is 9.65. The van der Waals surface area contributed by atoms with Crippen LogP contribution in [-0.2, 0) is 10.2 Å². The number of fused-ring (bicyclic) bond motifs is 2. The minimum Gasteiger partial charge on any atom is -0.454 e. The first-order valence-corrected chi connectivity index (χ1v) is 7.93. The zero-order valence-electron chi connectivity index (χ0n) is 12.8. The average molecular weight is 317 g/mol. The summed E-state index contributed by atoms with van der Waals surface area (Å²) in [6.45, 7) is 0.631. The highest BCUT2D eigenvalue weighted by atomic mass is 16.7. The first-order valence-electron chi connectivity index (χ1n) is 7.93. The van der Waals surface area contributed by atoms with Crippen LogP contribution in [0.4, 0.5) is 0 Å². The van der Waals surface area contributed by atoms with Crippen molar-refractivity contribution in [1.29, 1.82) is 0 Å². The monoisotopic (exact) mass is 317 g/mol. The second-order valence-corrected chi connectivity index (χ2v) is 6.70. The van der Waals surface area contributed by atoms with Crippen LogP contribution in [0.25, 0.3) is 0 Å². The number of ether oxygens (including phenoxy) is 3. The van der Waals surface area contributed by atoms with E-state index in [9.17, 15) is 10.2 Å². The van der Waals surface area contributed by atoms with E-state index in [1.54, 1.807) is 7.11 Å². The summed E-state index contributed by atoms with van der Waals surface area (Å²) in [5.74, 6) is 1.33. The Hall–Kier alpha value is -1.60. The molecule has 2 N–H and O–H groups in total. The molecule has 0 radical (unpaired) electrons. The van der Waals surface area contributed by atoms with Gasteiger partial charge < -0.3 is 24.4 Å². The molecule has 5 rings (SSSR count). The van der Waals surface area contributed by atoms with Gasteiger partial charge in [0.1, 0.15) is 6.23 Å². The number of hydrogen-bond donors (Lipinski definition) is 2. The van der Waals surface area contributed by atoms with E-state index in [0.717, 1.165) is 17.5 Å². The SMILES string of the molecule is CO[C@@H]1C=C[C@]23c4cc5c(cc4[C@H](O)N(C[C@H]2O)[C@H]3C1)OCO5. The Bertz CT molecular complexity index is 704. The second-order valence-electron chi connectivity index (χ2n) is 6.70. The lowest BCUT2D eigenvalue weighted by Crippen LogP contribution is -2.53. The van der Waals surface area contributed by atoms with Crippen LogP contribution in [0.1, 0.15) is 23.8 Å². The summed E-state index contributed by atoms with van der Waals surface area (Å²) in [5.41, 5.74) is 1.21. The smallest absolute Gasteiger partial charge is 0.231 e. The zero-order chi connectivity index (χ0) is 15.8. The second kappa shape index (κ2) is 4.48. The number of aliphatic hydroxyl groups excluding tert-OH is 2. The minimum atomic E-state index is -0.751. The van der Waals surface area contributed by atoms with Crippen molar-refractivity contribution in [1.82, 2.24) is 4.90 Å². The molecule has 1 aromatic carbocycles. The summed E-state index contributed by atoms with van der Waals surface area (Å²) >= 11 is 0. The minimum absolute atomic E-state index is 0.00341. The predicted molar refractivity (Wildman–Crippen MR) is 80.3 cm³/mol. The lowest BCUT2D eigenvalue weighted by molar-refractivity contribution is -0.0399. The molecule has 1 fully saturated rings. The summed E-state index contributed by atoms with van der Waals surface area (Å²) in [6, 6.07) is 3.79. The Kier molecular flexibility index (Phi) is 2.69. The molecule has 6 atom stereocenters. The first-order chi connectivity index (χ1) is 11.1. The van der Waals surface area contributed by atoms with E-state index in [1.807, 2.05) is 23.1 Å². The van der Waals surface area contributed by atoms with Crippen LogP contribution < -0.4 is 9.47 Å². The third-order valence-electron chi connectivity index (χ3n) is 5.84. The van der Waals surface area contributed by atoms with Gasteiger partial charge in [0.15, 0.2) is 11.5 Å². The van der Waals surface area contributed by atoms with Gasteiger partial charge in [0.2, 0.25) is 6.79 Å². The molecule has 0 spiro atoms. The topological polar surface area (TPSA) is 71.4 Å². The molecule has 3 heterocycles. The maximum absolute atomic E-state index is 10.8. The molecule has 6 heteroatoms. The van der Waals surface area contributed by atoms with Gasteiger partial charge in [-0.1, -0.05) is 12.2 Å². The third kappa shape index (κ3) is 1.57. The summed E-state index contributed by atoms with van der Waals surface area (Å²) in [7, 11) is 1.69. The van der Waals surface area contributed by atoms with Crippen molar-refractivity contribution in [2.75, 3.05) is 20.4 Å². The summed E-state index contributed by atoms with van der Waals surface area (Å²) in [5, 5.41) is 21.7. The lowest BCUT2D eigenvalue weighted by Gasteiger charge is -2.48. The van der Waals surface area contributed by atoms with E-state index < -0.39 is 17.7 Å². The standard InChI is InChI=1S/C17H19NO5/c1-21-9-2-3-17-11-6-13-12(22-8-23-13)5-10(11)16(20)18(7-15(17)19)14(17)4-9/h2-3,5-6,9,14-16,19-20H,4,7-8H2,1H3/t9-,14+,15-,16+,17-/m1/s1. The number of nitrogens with zero attached hydrogens (tertiary/aromatic N) is 1. The zero-order valence-corrected chi connectivity index (χ0v) is 12.8. The molecule has 23 heavy (non-hydrogen) atoms. The van der Waals surface area contributed by atoms with Gasteiger partial charge in [-0.3, -0.25) is 4.90 Å². The van der Waals surface area contributed by atoms with Crippen molar-refractivity contribution in [2.45, 2.75) is 36.3 Å². The molecule has 0 aromatic heterocycles. The first kappa shape index (κ1) is 13.8. The van der Waals surface area contributed by atoms with Crippen molar-refractivity contribution in [3.05, 3.63) is 35.4 Å². The van der Waals surface area contributed by atoms with E-state index in [2.05, 4.69) is 6.08 Å². The van der Waals surface area contributed by atoms with Gasteiger partial charge in [0, 0.05) is 25.3 Å². The number of methoxy groups -OCH3 is 1. The molecule has 1 unspecified atom stereocenters. The highest BCUT2D eigenvalue weighted by Gasteiger charge is 2.61. The van der Waals surface area contributed by atoms with Gasteiger partial charge in [-0.15, -0.1) is 0 Å². The number of aliphatic hydroxyl groups is 2. The molecular formula is C17H19NO5. The molecule has 1 saturated heterocycles. The Balaban J connectivity index is 1.75. The molecule has 1 aromatic rings. The van der Waals surface area contributed by atoms with E-state index in [-0.39, 0.29) is 18.9 Å². The van der Waals surface area contributed by atoms with Crippen molar-refractivity contribution in [3.8, 4) is 11.5 Å². The highest BCUT2D eigenvalue weighted by Crippen LogP contribution is 2.56. The van der Waals surface area contributed by atoms with E-state index in [1.165, 1.54) is 0 Å². The number of benzene rings is 1. The average Bonchev–Trinajstić information content (AvgIpc) is 3.12. The maximum atomic E-state index is 10.8. The summed E-state index contributed by atoms with van der Waals surface area (Å²) < 4.78 is 16.4. The van der Waals surface area contributed by atoms with Crippen molar-refractivity contribution >= 4 is 0 Å². The van der Waals surface area contributed by atoms with Crippen LogP contribution in [-0.4, -0.2) is 53.8 Å². The van der Waals surface area contributed by atoms with Gasteiger partial charge in [0.25, 0.3) is 0 Å². The fraction of sp³-hybridized carbons (Fsp3) is 0.529. The normalized spacial score (nSPS) is 42.5. The van der Waals surface area contributed by atoms with Gasteiger partial charge in [-0.2, -0.15) is 0 Å². The van der Waals surface area contributed by atoms with Crippen LogP contribution >= 0.6 is 0 Å². The van der Waals surface area contributed by atoms with Gasteiger partial charge in [-0.25, -0.2) is 0 Å². The summed E-state index contributed by atoms with van der Waals surface area (Å²) in [4.78, 5) is 1.98. The Morgan fingerprint density at radius 2 is 2.04 bits per heavy atom. The third-order valence-corrected chi connectivity index (χ3v) is 5.84. The van der Waals surface area contributed by atoms with Crippen molar-refractivity contribution in [2.24, 2.45) is 0 Å². The van der Waals surface area contributed by atoms with Crippen LogP contribution in [0, 0.1) is 0 Å². The molecule has 6 nitrogen and oxygen atoms in total. The van der Waals surface area contributed by atoms with Crippen LogP contribution in [0.15, 0.2) is 24.3 Å². The molecule has 4 aliphatic rings. The molecule has 122 valence electrons. The number of rotatable bonds is 1. The van der Waals surface area contributed by atoms with Gasteiger partial charge >= 0.3 is 0 Å². The fourth-order valence-corrected chi connectivity index (χ4v) is 4.71. The molecule has 3 aliphatic heterocycles. The van der Waals surface area contributed by atoms with Gasteiger partial charge in [-0.05, 0) is 24.1 Å². The molecular weight excluding hydrogens is 298 g/mol. The molecule has 2 bridgehead atoms. The Labute approximate surface area is 133 Å².